The van der Waals surface area contributed by atoms with Crippen molar-refractivity contribution in [2.75, 3.05) is 18.6 Å². The number of thioether (sulfide) groups is 2. The highest BCUT2D eigenvalue weighted by Gasteiger charge is 2.63. The molecule has 3 N–H and O–H groups in total. The lowest BCUT2D eigenvalue weighted by Crippen LogP contribution is -2.78. The molecule has 3 rings (SSSR count). The van der Waals surface area contributed by atoms with Crippen molar-refractivity contribution < 1.29 is 19.4 Å². The summed E-state index contributed by atoms with van der Waals surface area (Å²) < 4.78 is 5.85. The molecule has 1 amide bonds. The van der Waals surface area contributed by atoms with E-state index in [9.17, 15) is 14.7 Å². The zero-order chi connectivity index (χ0) is 16.8. The zero-order valence-corrected chi connectivity index (χ0v) is 14.8. The Morgan fingerprint density at radius 1 is 1.61 bits per heavy atom. The number of ether oxygens (including phenoxy) is 1. The van der Waals surface area contributed by atoms with Crippen molar-refractivity contribution >= 4 is 46.7 Å². The normalized spacial score (nSPS) is 27.0. The Balaban J connectivity index is 1.83. The van der Waals surface area contributed by atoms with Crippen molar-refractivity contribution in [3.63, 3.8) is 0 Å². The molecular weight excluding hydrogens is 360 g/mol. The van der Waals surface area contributed by atoms with Crippen molar-refractivity contribution in [2.45, 2.75) is 22.4 Å². The van der Waals surface area contributed by atoms with Gasteiger partial charge in [-0.3, -0.25) is 15.4 Å². The molecule has 1 fully saturated rings. The van der Waals surface area contributed by atoms with Gasteiger partial charge in [0.1, 0.15) is 16.1 Å². The van der Waals surface area contributed by atoms with Gasteiger partial charge < -0.3 is 9.84 Å². The molecular formula is C12H14N4O4S3. The number of hydrogen-bond acceptors (Lipinski definition) is 9. The van der Waals surface area contributed by atoms with E-state index >= 15 is 0 Å². The van der Waals surface area contributed by atoms with Crippen LogP contribution in [0.2, 0.25) is 0 Å². The van der Waals surface area contributed by atoms with Gasteiger partial charge in [-0.25, -0.2) is 4.79 Å². The lowest BCUT2D eigenvalue weighted by Gasteiger charge is -2.54. The Hall–Kier alpha value is -1.14. The number of methoxy groups -OCH3 is 1. The van der Waals surface area contributed by atoms with E-state index in [-0.39, 0.29) is 5.70 Å². The number of amides is 1. The fraction of sp³-hybridized carbons (Fsp3) is 0.500. The molecule has 1 unspecified atom stereocenters. The molecule has 0 radical (unpaired) electrons. The Bertz CT molecular complexity index is 706. The van der Waals surface area contributed by atoms with Crippen LogP contribution in [0.15, 0.2) is 15.6 Å². The van der Waals surface area contributed by atoms with E-state index in [1.54, 1.807) is 0 Å². The number of nitrogens with zero attached hydrogens (tertiary/aromatic N) is 3. The molecule has 1 aromatic rings. The van der Waals surface area contributed by atoms with Crippen LogP contribution in [-0.4, -0.2) is 61.8 Å². The van der Waals surface area contributed by atoms with E-state index in [0.29, 0.717) is 17.1 Å². The van der Waals surface area contributed by atoms with Gasteiger partial charge in [0, 0.05) is 18.6 Å². The van der Waals surface area contributed by atoms with Gasteiger partial charge in [0.05, 0.1) is 0 Å². The molecule has 2 aliphatic rings. The molecule has 8 nitrogen and oxygen atoms in total. The van der Waals surface area contributed by atoms with Crippen molar-refractivity contribution in [2.24, 2.45) is 5.73 Å². The average Bonchev–Trinajstić information content (AvgIpc) is 2.95. The third-order valence-electron chi connectivity index (χ3n) is 3.56. The number of aromatic nitrogens is 2. The molecule has 2 aliphatic heterocycles. The second-order valence-electron chi connectivity index (χ2n) is 4.97. The second kappa shape index (κ2) is 6.06. The van der Waals surface area contributed by atoms with Crippen LogP contribution in [0, 0.1) is 6.92 Å². The van der Waals surface area contributed by atoms with Gasteiger partial charge in [-0.15, -0.1) is 22.0 Å². The van der Waals surface area contributed by atoms with Crippen molar-refractivity contribution in [3.8, 4) is 0 Å². The maximum atomic E-state index is 12.2. The summed E-state index contributed by atoms with van der Waals surface area (Å²) in [6, 6.07) is 0. The van der Waals surface area contributed by atoms with E-state index in [0.717, 1.165) is 9.35 Å². The van der Waals surface area contributed by atoms with Crippen LogP contribution in [0.5, 0.6) is 0 Å². The Kier molecular flexibility index (Phi) is 4.40. The lowest BCUT2D eigenvalue weighted by atomic mass is 10.00. The van der Waals surface area contributed by atoms with Crippen molar-refractivity contribution in [3.05, 3.63) is 16.3 Å². The summed E-state index contributed by atoms with van der Waals surface area (Å²) in [5.74, 6) is -0.747. The van der Waals surface area contributed by atoms with Gasteiger partial charge in [-0.05, 0) is 12.5 Å². The van der Waals surface area contributed by atoms with Gasteiger partial charge in [0.15, 0.2) is 4.34 Å². The average molecular weight is 374 g/mol. The summed E-state index contributed by atoms with van der Waals surface area (Å²) in [5.41, 5.74) is 5.13. The highest BCUT2D eigenvalue weighted by Crippen LogP contribution is 2.46. The summed E-state index contributed by atoms with van der Waals surface area (Å²) in [6.45, 7) is 1.86. The molecule has 2 atom stereocenters. The maximum absolute atomic E-state index is 12.2. The summed E-state index contributed by atoms with van der Waals surface area (Å²) in [7, 11) is 1.35. The van der Waals surface area contributed by atoms with E-state index in [2.05, 4.69) is 10.2 Å². The number of β-lactam (4-membered cyclic amide) rings is 1. The first-order valence-electron chi connectivity index (χ1n) is 6.56. The minimum atomic E-state index is -1.44. The SMILES string of the molecule is CO[C@@]1(N)C(=O)N2C(C(=O)O)=C(CSc3nnc(C)s3)CSC21. The predicted molar refractivity (Wildman–Crippen MR) is 87.1 cm³/mol. The van der Waals surface area contributed by atoms with Gasteiger partial charge in [-0.2, -0.15) is 0 Å². The van der Waals surface area contributed by atoms with Crippen LogP contribution in [0.25, 0.3) is 0 Å². The third kappa shape index (κ3) is 2.66. The number of rotatable bonds is 5. The Morgan fingerprint density at radius 3 is 2.91 bits per heavy atom. The topological polar surface area (TPSA) is 119 Å². The van der Waals surface area contributed by atoms with Gasteiger partial charge in [-0.1, -0.05) is 23.1 Å². The smallest absolute Gasteiger partial charge is 0.352 e. The Morgan fingerprint density at radius 2 is 2.35 bits per heavy atom. The molecule has 11 heteroatoms. The molecule has 3 heterocycles. The summed E-state index contributed by atoms with van der Waals surface area (Å²) in [6.07, 6.45) is 0. The molecule has 124 valence electrons. The number of fused-ring (bicyclic) bond motifs is 1. The van der Waals surface area contributed by atoms with E-state index < -0.39 is 23.0 Å². The third-order valence-corrected chi connectivity index (χ3v) is 7.01. The lowest BCUT2D eigenvalue weighted by molar-refractivity contribution is -0.182. The summed E-state index contributed by atoms with van der Waals surface area (Å²) in [4.78, 5) is 25.1. The number of aliphatic carboxylic acids is 1. The van der Waals surface area contributed by atoms with Crippen LogP contribution in [0.3, 0.4) is 0 Å². The molecule has 0 spiro atoms. The number of carbonyl (C=O) groups excluding carboxylic acids is 1. The second-order valence-corrected chi connectivity index (χ2v) is 8.44. The number of hydrogen-bond donors (Lipinski definition) is 2. The van der Waals surface area contributed by atoms with Crippen molar-refractivity contribution in [1.29, 1.82) is 0 Å². The Labute approximate surface area is 144 Å². The number of carbonyl (C=O) groups is 2. The first-order chi connectivity index (χ1) is 10.9. The molecule has 0 bridgehead atoms. The summed E-state index contributed by atoms with van der Waals surface area (Å²) in [5, 5.41) is 17.8. The zero-order valence-electron chi connectivity index (χ0n) is 12.3. The fourth-order valence-electron chi connectivity index (χ4n) is 2.40. The predicted octanol–water partition coefficient (Wildman–Crippen LogP) is 0.494. The summed E-state index contributed by atoms with van der Waals surface area (Å²) >= 11 is 4.27. The minimum Gasteiger partial charge on any atom is -0.477 e. The standard InChI is InChI=1S/C12H14N4O4S3/c1-5-14-15-11(23-5)22-4-6-3-21-10-12(13,20-2)9(19)16(10)7(6)8(17)18/h10H,3-4,13H2,1-2H3,(H,17,18)/t10?,12-/m0/s1. The van der Waals surface area contributed by atoms with E-state index in [1.807, 2.05) is 6.92 Å². The van der Waals surface area contributed by atoms with Gasteiger partial charge in [0.25, 0.3) is 5.91 Å². The monoisotopic (exact) mass is 374 g/mol. The first kappa shape index (κ1) is 16.7. The number of aryl methyl sites for hydroxylation is 1. The van der Waals surface area contributed by atoms with Crippen LogP contribution in [-0.2, 0) is 14.3 Å². The van der Waals surface area contributed by atoms with Crippen LogP contribution >= 0.6 is 34.9 Å². The van der Waals surface area contributed by atoms with Crippen LogP contribution in [0.1, 0.15) is 5.01 Å². The maximum Gasteiger partial charge on any atom is 0.352 e. The number of carboxylic acids is 1. The van der Waals surface area contributed by atoms with Crippen LogP contribution < -0.4 is 5.73 Å². The molecule has 23 heavy (non-hydrogen) atoms. The fourth-order valence-corrected chi connectivity index (χ4v) is 5.75. The molecule has 1 saturated heterocycles. The minimum absolute atomic E-state index is 0.00520. The molecule has 0 aromatic carbocycles. The van der Waals surface area contributed by atoms with E-state index in [4.69, 9.17) is 10.5 Å². The van der Waals surface area contributed by atoms with Gasteiger partial charge in [0.2, 0.25) is 5.72 Å². The first-order valence-corrected chi connectivity index (χ1v) is 9.41. The van der Waals surface area contributed by atoms with Crippen molar-refractivity contribution in [1.82, 2.24) is 15.1 Å². The number of carboxylic acid groups (broad SMARTS) is 1. The molecule has 0 aliphatic carbocycles. The molecule has 1 aromatic heterocycles. The highest BCUT2D eigenvalue weighted by molar-refractivity contribution is 8.01. The van der Waals surface area contributed by atoms with Crippen LogP contribution in [0.4, 0.5) is 0 Å². The largest absolute Gasteiger partial charge is 0.477 e. The highest BCUT2D eigenvalue weighted by atomic mass is 32.2. The number of nitrogens with two attached hydrogens (primary N) is 1. The van der Waals surface area contributed by atoms with Gasteiger partial charge >= 0.3 is 5.97 Å². The molecule has 0 saturated carbocycles. The quantitative estimate of drug-likeness (QED) is 0.431. The van der Waals surface area contributed by atoms with E-state index in [1.165, 1.54) is 46.9 Å².